The standard InChI is InChI=1S/C22H23ClN4O/c1-2-4-21-25-13-17-15-27(12-10-20(17)26-21)14-16-5-3-11-24-22(16)28-19-8-6-18(23)7-9-19/h3,5-9,11,13H,2,4,10,12,14-15H2,1H3. The number of rotatable bonds is 6. The Kier molecular flexibility index (Phi) is 5.84. The summed E-state index contributed by atoms with van der Waals surface area (Å²) < 4.78 is 6.00. The first-order chi connectivity index (χ1) is 13.7. The molecule has 4 rings (SSSR count). The number of hydrogen-bond acceptors (Lipinski definition) is 5. The average molecular weight is 395 g/mol. The van der Waals surface area contributed by atoms with E-state index in [0.29, 0.717) is 10.9 Å². The quantitative estimate of drug-likeness (QED) is 0.599. The highest BCUT2D eigenvalue weighted by atomic mass is 35.5. The van der Waals surface area contributed by atoms with Gasteiger partial charge in [0.05, 0.1) is 0 Å². The number of fused-ring (bicyclic) bond motifs is 1. The second-order valence-corrected chi connectivity index (χ2v) is 7.43. The molecule has 0 amide bonds. The molecule has 1 aromatic carbocycles. The maximum absolute atomic E-state index is 6.00. The molecule has 1 aliphatic heterocycles. The Morgan fingerprint density at radius 2 is 2.00 bits per heavy atom. The fourth-order valence-corrected chi connectivity index (χ4v) is 3.51. The van der Waals surface area contributed by atoms with Crippen LogP contribution in [-0.4, -0.2) is 26.4 Å². The predicted octanol–water partition coefficient (Wildman–Crippen LogP) is 4.83. The minimum Gasteiger partial charge on any atom is -0.439 e. The van der Waals surface area contributed by atoms with E-state index in [2.05, 4.69) is 27.9 Å². The van der Waals surface area contributed by atoms with Gasteiger partial charge in [0.25, 0.3) is 0 Å². The van der Waals surface area contributed by atoms with Gasteiger partial charge in [-0.1, -0.05) is 24.6 Å². The van der Waals surface area contributed by atoms with Crippen LogP contribution in [0.25, 0.3) is 0 Å². The normalized spacial score (nSPS) is 13.9. The summed E-state index contributed by atoms with van der Waals surface area (Å²) in [6, 6.07) is 11.3. The van der Waals surface area contributed by atoms with Crippen molar-refractivity contribution < 1.29 is 4.74 Å². The van der Waals surface area contributed by atoms with Crippen molar-refractivity contribution in [1.29, 1.82) is 0 Å². The summed E-state index contributed by atoms with van der Waals surface area (Å²) in [5, 5.41) is 0.685. The summed E-state index contributed by atoms with van der Waals surface area (Å²) in [5.74, 6) is 2.32. The molecule has 0 spiro atoms. The van der Waals surface area contributed by atoms with Gasteiger partial charge in [-0.15, -0.1) is 0 Å². The van der Waals surface area contributed by atoms with E-state index in [4.69, 9.17) is 21.3 Å². The number of ether oxygens (including phenoxy) is 1. The molecule has 3 aromatic rings. The van der Waals surface area contributed by atoms with E-state index in [1.165, 1.54) is 11.3 Å². The summed E-state index contributed by atoms with van der Waals surface area (Å²) >= 11 is 5.96. The summed E-state index contributed by atoms with van der Waals surface area (Å²) in [5.41, 5.74) is 3.47. The monoisotopic (exact) mass is 394 g/mol. The molecule has 0 saturated heterocycles. The van der Waals surface area contributed by atoms with Crippen LogP contribution < -0.4 is 4.74 Å². The molecule has 144 valence electrons. The third kappa shape index (κ3) is 4.49. The predicted molar refractivity (Wildman–Crippen MR) is 110 cm³/mol. The van der Waals surface area contributed by atoms with Crippen LogP contribution in [0.4, 0.5) is 0 Å². The summed E-state index contributed by atoms with van der Waals surface area (Å²) in [4.78, 5) is 16.1. The van der Waals surface area contributed by atoms with Gasteiger partial charge in [-0.2, -0.15) is 0 Å². The third-order valence-corrected chi connectivity index (χ3v) is 5.06. The number of benzene rings is 1. The Morgan fingerprint density at radius 3 is 2.82 bits per heavy atom. The molecular formula is C22H23ClN4O. The number of aryl methyl sites for hydroxylation is 1. The van der Waals surface area contributed by atoms with E-state index in [1.807, 2.05) is 36.5 Å². The molecule has 0 saturated carbocycles. The van der Waals surface area contributed by atoms with Crippen LogP contribution >= 0.6 is 11.6 Å². The molecule has 28 heavy (non-hydrogen) atoms. The zero-order valence-electron chi connectivity index (χ0n) is 15.9. The Balaban J connectivity index is 1.47. The average Bonchev–Trinajstić information content (AvgIpc) is 2.71. The molecule has 3 heterocycles. The largest absolute Gasteiger partial charge is 0.439 e. The maximum Gasteiger partial charge on any atom is 0.223 e. The van der Waals surface area contributed by atoms with Crippen molar-refractivity contribution in [3.8, 4) is 11.6 Å². The molecule has 6 heteroatoms. The van der Waals surface area contributed by atoms with Gasteiger partial charge < -0.3 is 4.74 Å². The van der Waals surface area contributed by atoms with E-state index < -0.39 is 0 Å². The molecule has 2 aromatic heterocycles. The fraction of sp³-hybridized carbons (Fsp3) is 0.318. The van der Waals surface area contributed by atoms with Gasteiger partial charge in [-0.3, -0.25) is 4.90 Å². The summed E-state index contributed by atoms with van der Waals surface area (Å²) in [6.07, 6.45) is 6.71. The van der Waals surface area contributed by atoms with Gasteiger partial charge in [-0.05, 0) is 36.8 Å². The molecule has 0 bridgehead atoms. The molecule has 0 aliphatic carbocycles. The molecule has 0 atom stereocenters. The lowest BCUT2D eigenvalue weighted by atomic mass is 10.1. The van der Waals surface area contributed by atoms with E-state index in [9.17, 15) is 0 Å². The Labute approximate surface area is 170 Å². The van der Waals surface area contributed by atoms with Crippen LogP contribution in [0, 0.1) is 0 Å². The van der Waals surface area contributed by atoms with Crippen LogP contribution in [0.5, 0.6) is 11.6 Å². The SMILES string of the molecule is CCCc1ncc2c(n1)CCN(Cc1cccnc1Oc1ccc(Cl)cc1)C2. The second kappa shape index (κ2) is 8.67. The lowest BCUT2D eigenvalue weighted by Crippen LogP contribution is -2.31. The van der Waals surface area contributed by atoms with Gasteiger partial charge in [0.2, 0.25) is 5.88 Å². The highest BCUT2D eigenvalue weighted by molar-refractivity contribution is 6.30. The first kappa shape index (κ1) is 18.8. The smallest absolute Gasteiger partial charge is 0.223 e. The zero-order chi connectivity index (χ0) is 19.3. The van der Waals surface area contributed by atoms with Crippen LogP contribution in [0.1, 0.15) is 36.0 Å². The van der Waals surface area contributed by atoms with Crippen molar-refractivity contribution in [2.45, 2.75) is 39.3 Å². The molecular weight excluding hydrogens is 372 g/mol. The minimum absolute atomic E-state index is 0.630. The Hall–Kier alpha value is -2.50. The number of nitrogens with zero attached hydrogens (tertiary/aromatic N) is 4. The lowest BCUT2D eigenvalue weighted by molar-refractivity contribution is 0.239. The van der Waals surface area contributed by atoms with Gasteiger partial charge in [0.15, 0.2) is 0 Å². The van der Waals surface area contributed by atoms with Crippen LogP contribution in [0.15, 0.2) is 48.8 Å². The zero-order valence-corrected chi connectivity index (χ0v) is 16.7. The number of aromatic nitrogens is 3. The summed E-state index contributed by atoms with van der Waals surface area (Å²) in [6.45, 7) is 4.73. The van der Waals surface area contributed by atoms with Gasteiger partial charge >= 0.3 is 0 Å². The van der Waals surface area contributed by atoms with Gasteiger partial charge in [0, 0.05) is 66.7 Å². The lowest BCUT2D eigenvalue weighted by Gasteiger charge is -2.28. The molecule has 5 nitrogen and oxygen atoms in total. The molecule has 0 N–H and O–H groups in total. The number of pyridine rings is 1. The van der Waals surface area contributed by atoms with Crippen molar-refractivity contribution >= 4 is 11.6 Å². The first-order valence-electron chi connectivity index (χ1n) is 9.64. The van der Waals surface area contributed by atoms with Crippen molar-refractivity contribution in [1.82, 2.24) is 19.9 Å². The van der Waals surface area contributed by atoms with E-state index in [0.717, 1.165) is 56.0 Å². The third-order valence-electron chi connectivity index (χ3n) is 4.81. The van der Waals surface area contributed by atoms with E-state index in [1.54, 1.807) is 6.20 Å². The van der Waals surface area contributed by atoms with Crippen LogP contribution in [0.3, 0.4) is 0 Å². The molecule has 0 unspecified atom stereocenters. The highest BCUT2D eigenvalue weighted by Crippen LogP contribution is 2.27. The second-order valence-electron chi connectivity index (χ2n) is 6.99. The van der Waals surface area contributed by atoms with Crippen LogP contribution in [0.2, 0.25) is 5.02 Å². The van der Waals surface area contributed by atoms with Crippen molar-refractivity contribution in [3.63, 3.8) is 0 Å². The van der Waals surface area contributed by atoms with Gasteiger partial charge in [0.1, 0.15) is 11.6 Å². The molecule has 0 radical (unpaired) electrons. The fourth-order valence-electron chi connectivity index (χ4n) is 3.39. The first-order valence-corrected chi connectivity index (χ1v) is 10.0. The minimum atomic E-state index is 0.630. The van der Waals surface area contributed by atoms with E-state index >= 15 is 0 Å². The van der Waals surface area contributed by atoms with Crippen LogP contribution in [-0.2, 0) is 25.9 Å². The maximum atomic E-state index is 6.00. The Morgan fingerprint density at radius 1 is 1.14 bits per heavy atom. The van der Waals surface area contributed by atoms with E-state index in [-0.39, 0.29) is 0 Å². The topological polar surface area (TPSA) is 51.1 Å². The Bertz CT molecular complexity index is 946. The van der Waals surface area contributed by atoms with Crippen molar-refractivity contribution in [2.75, 3.05) is 6.54 Å². The van der Waals surface area contributed by atoms with Crippen molar-refractivity contribution in [3.05, 3.63) is 76.5 Å². The number of hydrogen-bond donors (Lipinski definition) is 0. The molecule has 0 fully saturated rings. The van der Waals surface area contributed by atoms with Crippen molar-refractivity contribution in [2.24, 2.45) is 0 Å². The molecule has 1 aliphatic rings. The summed E-state index contributed by atoms with van der Waals surface area (Å²) in [7, 11) is 0. The van der Waals surface area contributed by atoms with Gasteiger partial charge in [-0.25, -0.2) is 15.0 Å². The highest BCUT2D eigenvalue weighted by Gasteiger charge is 2.20. The number of halogens is 1.